The van der Waals surface area contributed by atoms with Gasteiger partial charge in [-0.1, -0.05) is 10.6 Å². The second kappa shape index (κ2) is 3.92. The van der Waals surface area contributed by atoms with Gasteiger partial charge < -0.3 is 5.11 Å². The Morgan fingerprint density at radius 3 is 3.25 bits per heavy atom. The Labute approximate surface area is 97.1 Å². The van der Waals surface area contributed by atoms with Crippen LogP contribution in [0.3, 0.4) is 0 Å². The average Bonchev–Trinajstić information content (AvgIpc) is 2.98. The van der Waals surface area contributed by atoms with Gasteiger partial charge in [-0.15, -0.1) is 5.10 Å². The fraction of sp³-hybridized carbons (Fsp3) is 0.364. The van der Waals surface area contributed by atoms with E-state index in [2.05, 4.69) is 20.6 Å². The van der Waals surface area contributed by atoms with Crippen LogP contribution in [0.2, 0.25) is 0 Å². The van der Waals surface area contributed by atoms with Crippen molar-refractivity contribution in [2.45, 2.75) is 24.9 Å². The van der Waals surface area contributed by atoms with Gasteiger partial charge in [-0.3, -0.25) is 4.98 Å². The number of nitrogens with zero attached hydrogens (tertiary/aromatic N) is 3. The molecule has 4 nitrogen and oxygen atoms in total. The number of pyridine rings is 1. The van der Waals surface area contributed by atoms with E-state index in [0.29, 0.717) is 0 Å². The third kappa shape index (κ3) is 1.52. The zero-order valence-electron chi connectivity index (χ0n) is 8.58. The highest BCUT2D eigenvalue weighted by atomic mass is 32.1. The lowest BCUT2D eigenvalue weighted by Gasteiger charge is -2.15. The fourth-order valence-corrected chi connectivity index (χ4v) is 2.81. The van der Waals surface area contributed by atoms with Crippen molar-refractivity contribution in [2.75, 3.05) is 0 Å². The molecule has 1 aliphatic carbocycles. The summed E-state index contributed by atoms with van der Waals surface area (Å²) in [7, 11) is 0. The number of aromatic nitrogens is 3. The summed E-state index contributed by atoms with van der Waals surface area (Å²) >= 11 is 1.25. The lowest BCUT2D eigenvalue weighted by molar-refractivity contribution is 0.146. The van der Waals surface area contributed by atoms with Crippen LogP contribution in [-0.2, 0) is 6.42 Å². The third-order valence-electron chi connectivity index (χ3n) is 3.05. The van der Waals surface area contributed by atoms with Gasteiger partial charge >= 0.3 is 0 Å². The smallest absolute Gasteiger partial charge is 0.0997 e. The van der Waals surface area contributed by atoms with Crippen molar-refractivity contribution in [3.63, 3.8) is 0 Å². The van der Waals surface area contributed by atoms with Gasteiger partial charge in [0.1, 0.15) is 0 Å². The number of aliphatic hydroxyl groups excluding tert-OH is 1. The Kier molecular flexibility index (Phi) is 2.41. The molecule has 2 aromatic rings. The van der Waals surface area contributed by atoms with Crippen molar-refractivity contribution in [3.05, 3.63) is 40.7 Å². The van der Waals surface area contributed by atoms with Gasteiger partial charge in [0.25, 0.3) is 0 Å². The highest BCUT2D eigenvalue weighted by Crippen LogP contribution is 2.40. The van der Waals surface area contributed by atoms with Crippen LogP contribution in [0.15, 0.2) is 24.5 Å². The number of aliphatic hydroxyl groups is 1. The number of rotatable bonds is 2. The van der Waals surface area contributed by atoms with Crippen molar-refractivity contribution in [2.24, 2.45) is 0 Å². The van der Waals surface area contributed by atoms with Crippen LogP contribution in [0.4, 0.5) is 0 Å². The molecule has 5 heteroatoms. The Morgan fingerprint density at radius 1 is 1.50 bits per heavy atom. The molecule has 0 aromatic carbocycles. The first-order valence-electron chi connectivity index (χ1n) is 5.25. The van der Waals surface area contributed by atoms with E-state index in [0.717, 1.165) is 23.4 Å². The first kappa shape index (κ1) is 9.86. The molecule has 2 aromatic heterocycles. The minimum absolute atomic E-state index is 0.0958. The maximum absolute atomic E-state index is 10.2. The molecule has 1 aliphatic rings. The summed E-state index contributed by atoms with van der Waals surface area (Å²) in [4.78, 5) is 5.20. The molecule has 0 bridgehead atoms. The molecule has 0 radical (unpaired) electrons. The average molecular weight is 233 g/mol. The van der Waals surface area contributed by atoms with E-state index in [4.69, 9.17) is 0 Å². The SMILES string of the molecule is OC(c1cnns1)C1CCc2cccnc21. The van der Waals surface area contributed by atoms with Crippen molar-refractivity contribution >= 4 is 11.5 Å². The van der Waals surface area contributed by atoms with Crippen molar-refractivity contribution in [1.82, 2.24) is 14.6 Å². The van der Waals surface area contributed by atoms with Crippen LogP contribution < -0.4 is 0 Å². The Balaban J connectivity index is 1.93. The normalized spacial score (nSPS) is 20.7. The second-order valence-electron chi connectivity index (χ2n) is 3.96. The molecule has 0 fully saturated rings. The fourth-order valence-electron chi connectivity index (χ4n) is 2.25. The Hall–Kier alpha value is -1.33. The summed E-state index contributed by atoms with van der Waals surface area (Å²) in [6, 6.07) is 4.03. The predicted octanol–water partition coefficient (Wildman–Crippen LogP) is 1.70. The van der Waals surface area contributed by atoms with E-state index in [1.165, 1.54) is 17.1 Å². The highest BCUT2D eigenvalue weighted by molar-refractivity contribution is 7.05. The van der Waals surface area contributed by atoms with Crippen molar-refractivity contribution in [3.8, 4) is 0 Å². The van der Waals surface area contributed by atoms with Gasteiger partial charge in [0.2, 0.25) is 0 Å². The van der Waals surface area contributed by atoms with Gasteiger partial charge in [-0.05, 0) is 36.0 Å². The van der Waals surface area contributed by atoms with Crippen molar-refractivity contribution in [1.29, 1.82) is 0 Å². The molecule has 1 N–H and O–H groups in total. The standard InChI is InChI=1S/C11H11N3OS/c15-11(9-6-13-14-16-9)8-4-3-7-2-1-5-12-10(7)8/h1-2,5-6,8,11,15H,3-4H2. The number of aryl methyl sites for hydroxylation is 1. The van der Waals surface area contributed by atoms with E-state index >= 15 is 0 Å². The van der Waals surface area contributed by atoms with Gasteiger partial charge in [-0.2, -0.15) is 0 Å². The van der Waals surface area contributed by atoms with E-state index < -0.39 is 6.10 Å². The summed E-state index contributed by atoms with van der Waals surface area (Å²) in [6.45, 7) is 0. The lowest BCUT2D eigenvalue weighted by Crippen LogP contribution is -2.07. The molecular weight excluding hydrogens is 222 g/mol. The molecule has 2 heterocycles. The van der Waals surface area contributed by atoms with Gasteiger partial charge in [0.15, 0.2) is 0 Å². The van der Waals surface area contributed by atoms with E-state index in [9.17, 15) is 5.11 Å². The summed E-state index contributed by atoms with van der Waals surface area (Å²) in [5.41, 5.74) is 2.28. The summed E-state index contributed by atoms with van der Waals surface area (Å²) in [5.74, 6) is 0.0958. The summed E-state index contributed by atoms with van der Waals surface area (Å²) in [6.07, 6.45) is 4.85. The molecule has 2 atom stereocenters. The molecular formula is C11H11N3OS. The largest absolute Gasteiger partial charge is 0.387 e. The van der Waals surface area contributed by atoms with Crippen LogP contribution in [-0.4, -0.2) is 19.7 Å². The minimum Gasteiger partial charge on any atom is -0.387 e. The topological polar surface area (TPSA) is 58.9 Å². The van der Waals surface area contributed by atoms with E-state index in [1.54, 1.807) is 12.4 Å². The molecule has 0 saturated carbocycles. The molecule has 0 aliphatic heterocycles. The predicted molar refractivity (Wildman–Crippen MR) is 60.2 cm³/mol. The number of hydrogen-bond donors (Lipinski definition) is 1. The first-order valence-corrected chi connectivity index (χ1v) is 6.02. The van der Waals surface area contributed by atoms with Crippen LogP contribution in [0, 0.1) is 0 Å². The van der Waals surface area contributed by atoms with Crippen LogP contribution in [0.1, 0.15) is 34.6 Å². The molecule has 16 heavy (non-hydrogen) atoms. The van der Waals surface area contributed by atoms with Crippen molar-refractivity contribution < 1.29 is 5.11 Å². The molecule has 0 spiro atoms. The lowest BCUT2D eigenvalue weighted by atomic mass is 9.99. The summed E-state index contributed by atoms with van der Waals surface area (Å²) < 4.78 is 3.78. The second-order valence-corrected chi connectivity index (χ2v) is 4.77. The molecule has 0 amide bonds. The number of hydrogen-bond acceptors (Lipinski definition) is 5. The Bertz CT molecular complexity index is 486. The quantitative estimate of drug-likeness (QED) is 0.857. The van der Waals surface area contributed by atoms with Gasteiger partial charge in [0.05, 0.1) is 17.2 Å². The maximum atomic E-state index is 10.2. The Morgan fingerprint density at radius 2 is 2.44 bits per heavy atom. The van der Waals surface area contributed by atoms with Crippen LogP contribution in [0.5, 0.6) is 0 Å². The first-order chi connectivity index (χ1) is 7.86. The van der Waals surface area contributed by atoms with Crippen LogP contribution >= 0.6 is 11.5 Å². The number of fused-ring (bicyclic) bond motifs is 1. The van der Waals surface area contributed by atoms with E-state index in [-0.39, 0.29) is 5.92 Å². The highest BCUT2D eigenvalue weighted by Gasteiger charge is 2.31. The van der Waals surface area contributed by atoms with Crippen LogP contribution in [0.25, 0.3) is 0 Å². The molecule has 0 saturated heterocycles. The monoisotopic (exact) mass is 233 g/mol. The van der Waals surface area contributed by atoms with Gasteiger partial charge in [0, 0.05) is 17.8 Å². The molecule has 3 rings (SSSR count). The molecule has 2 unspecified atom stereocenters. The minimum atomic E-state index is -0.517. The summed E-state index contributed by atoms with van der Waals surface area (Å²) in [5, 5.41) is 14.0. The van der Waals surface area contributed by atoms with E-state index in [1.807, 2.05) is 6.07 Å². The zero-order chi connectivity index (χ0) is 11.0. The zero-order valence-corrected chi connectivity index (χ0v) is 9.39. The van der Waals surface area contributed by atoms with Gasteiger partial charge in [-0.25, -0.2) is 0 Å². The molecule has 82 valence electrons. The maximum Gasteiger partial charge on any atom is 0.0997 e. The third-order valence-corrected chi connectivity index (χ3v) is 3.79.